The van der Waals surface area contributed by atoms with Gasteiger partial charge in [0.15, 0.2) is 0 Å². The second-order valence-electron chi connectivity index (χ2n) is 7.91. The summed E-state index contributed by atoms with van der Waals surface area (Å²) in [6.45, 7) is 6.56. The first-order valence-corrected chi connectivity index (χ1v) is 10.1. The molecule has 0 N–H and O–H groups in total. The van der Waals surface area contributed by atoms with Crippen LogP contribution < -0.4 is 0 Å². The lowest BCUT2D eigenvalue weighted by molar-refractivity contribution is 0.669. The number of nitrogens with zero attached hydrogens (tertiary/aromatic N) is 1. The van der Waals surface area contributed by atoms with Crippen molar-refractivity contribution in [2.24, 2.45) is 0 Å². The number of hydrogen-bond donors (Lipinski definition) is 0. The Morgan fingerprint density at radius 1 is 0.793 bits per heavy atom. The topological polar surface area (TPSA) is 26.0 Å². The molecule has 0 bridgehead atoms. The van der Waals surface area contributed by atoms with Crippen LogP contribution in [-0.2, 0) is 0 Å². The number of fused-ring (bicyclic) bond motifs is 3. The van der Waals surface area contributed by atoms with Gasteiger partial charge in [0.2, 0.25) is 0 Å². The summed E-state index contributed by atoms with van der Waals surface area (Å²) >= 11 is 0. The molecule has 0 saturated heterocycles. The van der Waals surface area contributed by atoms with E-state index < -0.39 is 0 Å². The summed E-state index contributed by atoms with van der Waals surface area (Å²) in [6, 6.07) is 25.4. The van der Waals surface area contributed by atoms with Crippen molar-refractivity contribution in [3.63, 3.8) is 0 Å². The number of aryl methyl sites for hydroxylation is 1. The van der Waals surface area contributed by atoms with Crippen molar-refractivity contribution in [3.05, 3.63) is 90.1 Å². The Labute approximate surface area is 170 Å². The number of benzene rings is 3. The number of rotatable bonds is 3. The summed E-state index contributed by atoms with van der Waals surface area (Å²) in [4.78, 5) is 4.68. The predicted octanol–water partition coefficient (Wildman–Crippen LogP) is 7.75. The van der Waals surface area contributed by atoms with E-state index in [0.717, 1.165) is 22.4 Å². The minimum atomic E-state index is 0.453. The van der Waals surface area contributed by atoms with E-state index in [1.807, 2.05) is 6.20 Å². The molecule has 142 valence electrons. The van der Waals surface area contributed by atoms with E-state index in [-0.39, 0.29) is 0 Å². The fourth-order valence-corrected chi connectivity index (χ4v) is 4.11. The van der Waals surface area contributed by atoms with Crippen LogP contribution in [0.1, 0.15) is 30.9 Å². The monoisotopic (exact) mass is 377 g/mol. The highest BCUT2D eigenvalue weighted by molar-refractivity contribution is 6.17. The molecule has 2 aromatic heterocycles. The van der Waals surface area contributed by atoms with E-state index in [4.69, 9.17) is 4.42 Å². The SMILES string of the molecule is Cc1cccc2oc3c(-c4cc(C(C)C)ccn4)ccc(-c4ccccc4)c3c12. The van der Waals surface area contributed by atoms with E-state index in [1.165, 1.54) is 33.0 Å². The molecular weight excluding hydrogens is 354 g/mol. The molecule has 0 aliphatic heterocycles. The summed E-state index contributed by atoms with van der Waals surface area (Å²) in [5, 5.41) is 2.35. The maximum absolute atomic E-state index is 6.44. The van der Waals surface area contributed by atoms with Crippen LogP contribution in [0.4, 0.5) is 0 Å². The average Bonchev–Trinajstić information content (AvgIpc) is 3.14. The Morgan fingerprint density at radius 2 is 1.59 bits per heavy atom. The Kier molecular flexibility index (Phi) is 4.21. The number of pyridine rings is 1. The highest BCUT2D eigenvalue weighted by atomic mass is 16.3. The quantitative estimate of drug-likeness (QED) is 0.321. The fourth-order valence-electron chi connectivity index (χ4n) is 4.11. The van der Waals surface area contributed by atoms with Gasteiger partial charge < -0.3 is 4.42 Å². The van der Waals surface area contributed by atoms with Crippen LogP contribution in [0.25, 0.3) is 44.3 Å². The smallest absolute Gasteiger partial charge is 0.145 e. The molecule has 2 heterocycles. The van der Waals surface area contributed by atoms with Gasteiger partial charge in [-0.1, -0.05) is 62.4 Å². The lowest BCUT2D eigenvalue weighted by Crippen LogP contribution is -1.91. The van der Waals surface area contributed by atoms with E-state index in [9.17, 15) is 0 Å². The minimum absolute atomic E-state index is 0.453. The molecule has 0 aliphatic carbocycles. The van der Waals surface area contributed by atoms with Crippen LogP contribution in [0.15, 0.2) is 83.4 Å². The zero-order valence-corrected chi connectivity index (χ0v) is 16.9. The second kappa shape index (κ2) is 6.89. The molecule has 0 spiro atoms. The fraction of sp³-hybridized carbons (Fsp3) is 0.148. The third-order valence-electron chi connectivity index (χ3n) is 5.67. The lowest BCUT2D eigenvalue weighted by atomic mass is 9.94. The molecule has 0 unspecified atom stereocenters. The molecule has 2 nitrogen and oxygen atoms in total. The van der Waals surface area contributed by atoms with Crippen molar-refractivity contribution < 1.29 is 4.42 Å². The summed E-state index contributed by atoms with van der Waals surface area (Å²) in [5.74, 6) is 0.453. The summed E-state index contributed by atoms with van der Waals surface area (Å²) < 4.78 is 6.44. The molecule has 0 saturated carbocycles. The molecule has 29 heavy (non-hydrogen) atoms. The van der Waals surface area contributed by atoms with E-state index in [1.54, 1.807) is 0 Å². The van der Waals surface area contributed by atoms with Crippen LogP contribution in [0.3, 0.4) is 0 Å². The zero-order chi connectivity index (χ0) is 20.0. The van der Waals surface area contributed by atoms with Gasteiger partial charge >= 0.3 is 0 Å². The molecule has 0 fully saturated rings. The molecule has 0 radical (unpaired) electrons. The molecular formula is C27H23NO. The second-order valence-corrected chi connectivity index (χ2v) is 7.91. The molecule has 2 heteroatoms. The molecule has 5 rings (SSSR count). The lowest BCUT2D eigenvalue weighted by Gasteiger charge is -2.10. The van der Waals surface area contributed by atoms with Gasteiger partial charge in [0.25, 0.3) is 0 Å². The Morgan fingerprint density at radius 3 is 2.38 bits per heavy atom. The van der Waals surface area contributed by atoms with E-state index >= 15 is 0 Å². The normalized spacial score (nSPS) is 11.6. The molecule has 0 amide bonds. The van der Waals surface area contributed by atoms with Crippen molar-refractivity contribution in [1.82, 2.24) is 4.98 Å². The standard InChI is InChI=1S/C27H23NO/c1-17(2)20-14-15-28-23(16-20)22-13-12-21(19-9-5-4-6-10-19)26-25-18(3)8-7-11-24(25)29-27(22)26/h4-17H,1-3H3. The summed E-state index contributed by atoms with van der Waals surface area (Å²) in [5.41, 5.74) is 8.71. The van der Waals surface area contributed by atoms with Gasteiger partial charge in [-0.2, -0.15) is 0 Å². The van der Waals surface area contributed by atoms with Crippen LogP contribution in [0.2, 0.25) is 0 Å². The van der Waals surface area contributed by atoms with Gasteiger partial charge in [0, 0.05) is 22.5 Å². The minimum Gasteiger partial charge on any atom is -0.455 e. The molecule has 5 aromatic rings. The number of aromatic nitrogens is 1. The first-order valence-electron chi connectivity index (χ1n) is 10.1. The van der Waals surface area contributed by atoms with Crippen LogP contribution in [0, 0.1) is 6.92 Å². The molecule has 3 aromatic carbocycles. The Bertz CT molecular complexity index is 1330. The van der Waals surface area contributed by atoms with Crippen molar-refractivity contribution in [2.45, 2.75) is 26.7 Å². The van der Waals surface area contributed by atoms with Crippen molar-refractivity contribution >= 4 is 21.9 Å². The maximum Gasteiger partial charge on any atom is 0.145 e. The highest BCUT2D eigenvalue weighted by Crippen LogP contribution is 2.42. The highest BCUT2D eigenvalue weighted by Gasteiger charge is 2.19. The van der Waals surface area contributed by atoms with Gasteiger partial charge in [0.05, 0.1) is 5.69 Å². The third-order valence-corrected chi connectivity index (χ3v) is 5.67. The van der Waals surface area contributed by atoms with Crippen LogP contribution in [-0.4, -0.2) is 4.98 Å². The van der Waals surface area contributed by atoms with Crippen molar-refractivity contribution in [2.75, 3.05) is 0 Å². The molecule has 0 atom stereocenters. The Balaban J connectivity index is 1.88. The van der Waals surface area contributed by atoms with Gasteiger partial charge in [-0.15, -0.1) is 0 Å². The van der Waals surface area contributed by atoms with E-state index in [2.05, 4.69) is 98.6 Å². The largest absolute Gasteiger partial charge is 0.455 e. The van der Waals surface area contributed by atoms with E-state index in [0.29, 0.717) is 5.92 Å². The van der Waals surface area contributed by atoms with Gasteiger partial charge in [-0.3, -0.25) is 4.98 Å². The maximum atomic E-state index is 6.44. The van der Waals surface area contributed by atoms with Crippen LogP contribution in [0.5, 0.6) is 0 Å². The summed E-state index contributed by atoms with van der Waals surface area (Å²) in [6.07, 6.45) is 1.90. The first-order chi connectivity index (χ1) is 14.1. The van der Waals surface area contributed by atoms with Gasteiger partial charge in [-0.05, 0) is 59.4 Å². The van der Waals surface area contributed by atoms with Crippen molar-refractivity contribution in [1.29, 1.82) is 0 Å². The van der Waals surface area contributed by atoms with Crippen LogP contribution >= 0.6 is 0 Å². The number of hydrogen-bond acceptors (Lipinski definition) is 2. The third kappa shape index (κ3) is 2.92. The zero-order valence-electron chi connectivity index (χ0n) is 16.9. The van der Waals surface area contributed by atoms with Crippen molar-refractivity contribution in [3.8, 4) is 22.4 Å². The van der Waals surface area contributed by atoms with Gasteiger partial charge in [-0.25, -0.2) is 0 Å². The number of furan rings is 1. The molecule has 0 aliphatic rings. The average molecular weight is 377 g/mol. The summed E-state index contributed by atoms with van der Waals surface area (Å²) in [7, 11) is 0. The Hall–Kier alpha value is -3.39. The first kappa shape index (κ1) is 17.7. The van der Waals surface area contributed by atoms with Gasteiger partial charge in [0.1, 0.15) is 11.2 Å². The predicted molar refractivity (Wildman–Crippen MR) is 121 cm³/mol.